The number of alkyl halides is 10. The van der Waals surface area contributed by atoms with Crippen molar-refractivity contribution in [3.8, 4) is 5.69 Å². The van der Waals surface area contributed by atoms with Gasteiger partial charge in [0.2, 0.25) is 0 Å². The normalized spacial score (nSPS) is 13.1. The van der Waals surface area contributed by atoms with Crippen molar-refractivity contribution in [3.05, 3.63) is 86.1 Å². The molecule has 2 aromatic carbocycles. The smallest absolute Gasteiger partial charge is 0.371 e. The second-order valence-electron chi connectivity index (χ2n) is 8.19. The van der Waals surface area contributed by atoms with Crippen molar-refractivity contribution in [2.45, 2.75) is 24.2 Å². The van der Waals surface area contributed by atoms with E-state index in [4.69, 9.17) is 4.52 Å². The van der Waals surface area contributed by atoms with E-state index < -0.39 is 80.1 Å². The number of benzene rings is 2. The molecule has 0 atom stereocenters. The van der Waals surface area contributed by atoms with E-state index in [1.54, 1.807) is 5.32 Å². The Balaban J connectivity index is 1.82. The summed E-state index contributed by atoms with van der Waals surface area (Å²) in [6.45, 7) is 0. The number of amides is 1. The first-order chi connectivity index (χ1) is 18.8. The maximum atomic E-state index is 15.3. The molecular weight excluding hydrogens is 655 g/mol. The fourth-order valence-electron chi connectivity index (χ4n) is 3.71. The molecule has 0 saturated carbocycles. The highest BCUT2D eigenvalue weighted by molar-refractivity contribution is 9.10. The van der Waals surface area contributed by atoms with Gasteiger partial charge < -0.3 is 9.84 Å². The van der Waals surface area contributed by atoms with Crippen molar-refractivity contribution in [3.63, 3.8) is 0 Å². The lowest BCUT2D eigenvalue weighted by Crippen LogP contribution is -2.50. The van der Waals surface area contributed by atoms with Crippen LogP contribution in [0.5, 0.6) is 0 Å². The molecule has 1 amide bonds. The number of carbonyl (C=O) groups excluding carboxylic acids is 1. The van der Waals surface area contributed by atoms with Gasteiger partial charge in [-0.05, 0) is 40.2 Å². The van der Waals surface area contributed by atoms with Crippen molar-refractivity contribution in [2.24, 2.45) is 0 Å². The number of rotatable bonds is 4. The number of anilines is 1. The summed E-state index contributed by atoms with van der Waals surface area (Å²) in [5.41, 5.74) is -15.1. The molecule has 2 heterocycles. The Labute approximate surface area is 227 Å². The summed E-state index contributed by atoms with van der Waals surface area (Å²) in [5.74, 6) is -3.18. The number of nitrogens with zero attached hydrogens (tertiary/aromatic N) is 2. The summed E-state index contributed by atoms with van der Waals surface area (Å²) in [7, 11) is 0. The van der Waals surface area contributed by atoms with E-state index in [9.17, 15) is 53.5 Å². The van der Waals surface area contributed by atoms with Gasteiger partial charge in [0, 0.05) is 28.5 Å². The van der Waals surface area contributed by atoms with Gasteiger partial charge in [-0.25, -0.2) is 8.78 Å². The number of halogens is 12. The van der Waals surface area contributed by atoms with Gasteiger partial charge in [0.05, 0.1) is 16.8 Å². The van der Waals surface area contributed by atoms with Crippen molar-refractivity contribution >= 4 is 38.5 Å². The van der Waals surface area contributed by atoms with Gasteiger partial charge in [-0.3, -0.25) is 14.6 Å². The second-order valence-corrected chi connectivity index (χ2v) is 9.04. The van der Waals surface area contributed by atoms with Crippen LogP contribution >= 0.6 is 15.9 Å². The molecule has 0 spiro atoms. The molecule has 0 aliphatic carbocycles. The van der Waals surface area contributed by atoms with E-state index in [0.29, 0.717) is 4.74 Å². The molecule has 0 saturated heterocycles. The Bertz CT molecular complexity index is 1710. The summed E-state index contributed by atoms with van der Waals surface area (Å²) in [4.78, 5) is 29.1. The zero-order valence-corrected chi connectivity index (χ0v) is 20.9. The number of aromatic nitrogens is 2. The highest BCUT2D eigenvalue weighted by atomic mass is 79.9. The number of carbonyl (C=O) groups is 1. The molecule has 1 N–H and O–H groups in total. The van der Waals surface area contributed by atoms with Crippen molar-refractivity contribution in [1.29, 1.82) is 0 Å². The number of hydrogen-bond acceptors (Lipinski definition) is 4. The zero-order valence-electron chi connectivity index (χ0n) is 19.3. The molecule has 0 fully saturated rings. The maximum Gasteiger partial charge on any atom is 0.435 e. The SMILES string of the molecule is O=C(Nc1c(Br)cc(C(F)(C(F)(F)F)C(F)(F)F)cc1C(F)(F)F)c1cccc(-n2oc3ccncc3c2=O)c1F. The Morgan fingerprint density at radius 3 is 2.15 bits per heavy atom. The van der Waals surface area contributed by atoms with E-state index in [-0.39, 0.29) is 17.0 Å². The van der Waals surface area contributed by atoms with E-state index in [2.05, 4.69) is 20.9 Å². The Kier molecular flexibility index (Phi) is 7.21. The van der Waals surface area contributed by atoms with Crippen LogP contribution in [0.1, 0.15) is 21.5 Å². The molecule has 4 aromatic rings. The molecule has 41 heavy (non-hydrogen) atoms. The average molecular weight is 664 g/mol. The zero-order chi connectivity index (χ0) is 30.7. The van der Waals surface area contributed by atoms with Crippen LogP contribution < -0.4 is 10.9 Å². The van der Waals surface area contributed by atoms with Crippen LogP contribution in [0.2, 0.25) is 0 Å². The predicted molar refractivity (Wildman–Crippen MR) is 122 cm³/mol. The minimum Gasteiger partial charge on any atom is -0.371 e. The fraction of sp³-hybridized carbons (Fsp3) is 0.174. The monoisotopic (exact) mass is 663 g/mol. The van der Waals surface area contributed by atoms with Gasteiger partial charge in [-0.15, -0.1) is 4.74 Å². The maximum absolute atomic E-state index is 15.3. The molecule has 4 rings (SSSR count). The van der Waals surface area contributed by atoms with Crippen LogP contribution in [0.4, 0.5) is 54.0 Å². The standard InChI is InChI=1S/C23H9BrF11N3O3/c24-13-7-9(20(26,22(30,31)32)23(33,34)35)6-12(21(27,28)29)17(13)37-18(39)10-2-1-3-14(16(10)25)38-19(40)11-8-36-5-4-15(11)41-38/h1-8H,(H,37,39). The molecule has 2 aromatic heterocycles. The largest absolute Gasteiger partial charge is 0.435 e. The van der Waals surface area contributed by atoms with E-state index in [1.165, 1.54) is 12.3 Å². The van der Waals surface area contributed by atoms with Crippen LogP contribution in [0.25, 0.3) is 16.7 Å². The molecule has 0 bridgehead atoms. The molecule has 0 radical (unpaired) electrons. The van der Waals surface area contributed by atoms with Crippen LogP contribution in [-0.2, 0) is 11.8 Å². The fourth-order valence-corrected chi connectivity index (χ4v) is 4.27. The van der Waals surface area contributed by atoms with Crippen LogP contribution in [0.15, 0.2) is 62.6 Å². The second kappa shape index (κ2) is 9.85. The van der Waals surface area contributed by atoms with Crippen LogP contribution in [0, 0.1) is 5.82 Å². The minimum absolute atomic E-state index is 0.0419. The highest BCUT2D eigenvalue weighted by Gasteiger charge is 2.73. The molecule has 6 nitrogen and oxygen atoms in total. The minimum atomic E-state index is -6.73. The summed E-state index contributed by atoms with van der Waals surface area (Å²) >= 11 is 2.34. The van der Waals surface area contributed by atoms with Gasteiger partial charge in [-0.1, -0.05) is 6.07 Å². The van der Waals surface area contributed by atoms with Gasteiger partial charge in [0.25, 0.3) is 11.5 Å². The molecule has 18 heteroatoms. The molecule has 0 unspecified atom stereocenters. The van der Waals surface area contributed by atoms with Crippen molar-refractivity contribution in [1.82, 2.24) is 9.72 Å². The number of pyridine rings is 1. The lowest BCUT2D eigenvalue weighted by atomic mass is 9.92. The summed E-state index contributed by atoms with van der Waals surface area (Å²) < 4.78 is 154. The van der Waals surface area contributed by atoms with Gasteiger partial charge >= 0.3 is 24.2 Å². The van der Waals surface area contributed by atoms with Crippen LogP contribution in [0.3, 0.4) is 0 Å². The number of fused-ring (bicyclic) bond motifs is 1. The number of nitrogens with one attached hydrogen (secondary N) is 1. The molecule has 0 aliphatic rings. The van der Waals surface area contributed by atoms with Crippen molar-refractivity contribution in [2.75, 3.05) is 5.32 Å². The summed E-state index contributed by atoms with van der Waals surface area (Å²) in [6, 6.07) is 2.95. The van der Waals surface area contributed by atoms with Gasteiger partial charge in [0.1, 0.15) is 11.1 Å². The quantitative estimate of drug-likeness (QED) is 0.230. The van der Waals surface area contributed by atoms with Gasteiger partial charge in [0.15, 0.2) is 11.4 Å². The first-order valence-electron chi connectivity index (χ1n) is 10.6. The van der Waals surface area contributed by atoms with E-state index in [0.717, 1.165) is 24.4 Å². The van der Waals surface area contributed by atoms with Gasteiger partial charge in [-0.2, -0.15) is 39.5 Å². The third kappa shape index (κ3) is 5.04. The Morgan fingerprint density at radius 2 is 1.59 bits per heavy atom. The van der Waals surface area contributed by atoms with E-state index >= 15 is 4.39 Å². The molecule has 218 valence electrons. The van der Waals surface area contributed by atoms with E-state index in [1.807, 2.05) is 0 Å². The lowest BCUT2D eigenvalue weighted by Gasteiger charge is -2.31. The Morgan fingerprint density at radius 1 is 0.951 bits per heavy atom. The molecular formula is C23H9BrF11N3O3. The first kappa shape index (κ1) is 30.0. The van der Waals surface area contributed by atoms with Crippen molar-refractivity contribution < 1.29 is 57.6 Å². The summed E-state index contributed by atoms with van der Waals surface area (Å²) in [5, 5.41) is 1.46. The first-order valence-corrected chi connectivity index (χ1v) is 11.4. The predicted octanol–water partition coefficient (Wildman–Crippen LogP) is 7.44. The number of hydrogen-bond donors (Lipinski definition) is 1. The molecule has 0 aliphatic heterocycles. The third-order valence-corrected chi connectivity index (χ3v) is 6.27. The third-order valence-electron chi connectivity index (χ3n) is 5.64. The van der Waals surface area contributed by atoms with Crippen LogP contribution in [-0.4, -0.2) is 28.0 Å². The average Bonchev–Trinajstić information content (AvgIpc) is 3.18. The topological polar surface area (TPSA) is 77.1 Å². The summed E-state index contributed by atoms with van der Waals surface area (Å²) in [6.07, 6.45) is -16.9. The highest BCUT2D eigenvalue weighted by Crippen LogP contribution is 2.55. The lowest BCUT2D eigenvalue weighted by molar-refractivity contribution is -0.348. The Hall–Kier alpha value is -3.96.